The molecule has 0 fully saturated rings. The molecule has 4 nitrogen and oxygen atoms in total. The molecule has 4 aromatic carbocycles. The van der Waals surface area contributed by atoms with Crippen LogP contribution in [0, 0.1) is 41.5 Å². The molecule has 4 aromatic rings. The molecule has 0 saturated heterocycles. The van der Waals surface area contributed by atoms with Crippen LogP contribution in [0.2, 0.25) is 0 Å². The van der Waals surface area contributed by atoms with Crippen molar-refractivity contribution in [2.75, 3.05) is 34.8 Å². The van der Waals surface area contributed by atoms with Gasteiger partial charge in [-0.15, -0.1) is 0 Å². The van der Waals surface area contributed by atoms with Gasteiger partial charge in [-0.05, 0) is 81.3 Å². The molecule has 0 radical (unpaired) electrons. The van der Waals surface area contributed by atoms with E-state index in [4.69, 9.17) is 14.0 Å². The van der Waals surface area contributed by atoms with E-state index in [1.807, 2.05) is 12.1 Å². The second-order valence-corrected chi connectivity index (χ2v) is 12.6. The molecule has 0 atom stereocenters. The first-order valence-electron chi connectivity index (χ1n) is 15.3. The van der Waals surface area contributed by atoms with Gasteiger partial charge in [0.15, 0.2) is 0 Å². The number of aryl methyl sites for hydroxylation is 6. The highest BCUT2D eigenvalue weighted by Gasteiger charge is 2.29. The van der Waals surface area contributed by atoms with E-state index in [-0.39, 0.29) is 0 Å². The van der Waals surface area contributed by atoms with E-state index in [1.54, 1.807) is 0 Å². The Labute approximate surface area is 262 Å². The Morgan fingerprint density at radius 2 is 0.884 bits per heavy atom. The normalized spacial score (nSPS) is 10.6. The van der Waals surface area contributed by atoms with Gasteiger partial charge in [0.1, 0.15) is 11.5 Å². The van der Waals surface area contributed by atoms with Crippen LogP contribution in [-0.2, 0) is 4.65 Å². The van der Waals surface area contributed by atoms with Crippen LogP contribution in [0.3, 0.4) is 0 Å². The predicted octanol–water partition coefficient (Wildman–Crippen LogP) is 9.47. The molecular formula is C38H53BNO3+. The van der Waals surface area contributed by atoms with Crippen molar-refractivity contribution >= 4 is 7.32 Å². The standard InChI is InChI=1S/C22H31BO3.C12H10.C4H12N/c1-8-9-10-24-23(25-21-17(4)11-15(2)12-18(21)5)26-22-19(6)13-16(3)14-20(22)7;1-3-7-11(8-4-1)12-9-5-2-6-10-12;1-5(2,3)4/h11-14H,8-10H2,1-7H3;1-10H;1-4H3/q;;+1. The van der Waals surface area contributed by atoms with Gasteiger partial charge in [0, 0.05) is 6.61 Å². The van der Waals surface area contributed by atoms with E-state index in [0.717, 1.165) is 51.1 Å². The Morgan fingerprint density at radius 1 is 0.558 bits per heavy atom. The van der Waals surface area contributed by atoms with E-state index in [2.05, 4.69) is 149 Å². The smallest absolute Gasteiger partial charge is 0.500 e. The molecule has 0 N–H and O–H groups in total. The molecule has 0 aliphatic carbocycles. The Balaban J connectivity index is 0.000000310. The summed E-state index contributed by atoms with van der Waals surface area (Å²) >= 11 is 0. The van der Waals surface area contributed by atoms with Crippen LogP contribution in [0.15, 0.2) is 84.9 Å². The summed E-state index contributed by atoms with van der Waals surface area (Å²) in [4.78, 5) is 0. The zero-order valence-electron chi connectivity index (χ0n) is 28.5. The molecule has 0 aliphatic rings. The lowest BCUT2D eigenvalue weighted by molar-refractivity contribution is -0.849. The number of benzene rings is 4. The number of quaternary nitrogens is 1. The van der Waals surface area contributed by atoms with Crippen LogP contribution in [0.25, 0.3) is 11.1 Å². The molecule has 230 valence electrons. The minimum Gasteiger partial charge on any atom is -0.500 e. The summed E-state index contributed by atoms with van der Waals surface area (Å²) in [5.74, 6) is 1.67. The van der Waals surface area contributed by atoms with Gasteiger partial charge >= 0.3 is 7.32 Å². The predicted molar refractivity (Wildman–Crippen MR) is 185 cm³/mol. The summed E-state index contributed by atoms with van der Waals surface area (Å²) in [7, 11) is 7.74. The van der Waals surface area contributed by atoms with Crippen molar-refractivity contribution in [1.29, 1.82) is 0 Å². The fraction of sp³-hybridized carbons (Fsp3) is 0.368. The van der Waals surface area contributed by atoms with E-state index in [1.165, 1.54) is 22.3 Å². The molecule has 0 saturated carbocycles. The van der Waals surface area contributed by atoms with E-state index >= 15 is 0 Å². The molecule has 4 rings (SSSR count). The maximum absolute atomic E-state index is 6.18. The largest absolute Gasteiger partial charge is 0.788 e. The topological polar surface area (TPSA) is 27.7 Å². The number of hydrogen-bond donors (Lipinski definition) is 0. The third-order valence-electron chi connectivity index (χ3n) is 6.27. The monoisotopic (exact) mass is 582 g/mol. The van der Waals surface area contributed by atoms with Crippen LogP contribution >= 0.6 is 0 Å². The van der Waals surface area contributed by atoms with Gasteiger partial charge < -0.3 is 18.4 Å². The third kappa shape index (κ3) is 13.5. The van der Waals surface area contributed by atoms with Crippen LogP contribution < -0.4 is 9.31 Å². The first kappa shape index (κ1) is 35.7. The van der Waals surface area contributed by atoms with Gasteiger partial charge in [-0.3, -0.25) is 0 Å². The second-order valence-electron chi connectivity index (χ2n) is 12.6. The third-order valence-corrected chi connectivity index (χ3v) is 6.27. The number of rotatable bonds is 9. The maximum Gasteiger partial charge on any atom is 0.788 e. The fourth-order valence-corrected chi connectivity index (χ4v) is 4.57. The molecule has 0 aliphatic heterocycles. The van der Waals surface area contributed by atoms with Crippen molar-refractivity contribution in [2.45, 2.75) is 61.3 Å². The average Bonchev–Trinajstić information content (AvgIpc) is 2.93. The summed E-state index contributed by atoms with van der Waals surface area (Å²) in [6.07, 6.45) is 2.04. The molecule has 5 heteroatoms. The van der Waals surface area contributed by atoms with Crippen LogP contribution in [0.1, 0.15) is 53.1 Å². The SMILES string of the molecule is CCCCOB(Oc1c(C)cc(C)cc1C)Oc1c(C)cc(C)cc1C.C[N+](C)(C)C.c1ccc(-c2ccccc2)cc1. The highest BCUT2D eigenvalue weighted by molar-refractivity contribution is 6.38. The van der Waals surface area contributed by atoms with Gasteiger partial charge in [-0.25, -0.2) is 0 Å². The average molecular weight is 583 g/mol. The maximum atomic E-state index is 6.18. The minimum absolute atomic E-state index is 0.606. The minimum atomic E-state index is -0.762. The zero-order chi connectivity index (χ0) is 32.0. The summed E-state index contributed by atoms with van der Waals surface area (Å²) in [5, 5.41) is 0. The van der Waals surface area contributed by atoms with Gasteiger partial charge in [0.25, 0.3) is 0 Å². The van der Waals surface area contributed by atoms with Crippen molar-refractivity contribution in [3.8, 4) is 22.6 Å². The number of hydrogen-bond acceptors (Lipinski definition) is 3. The highest BCUT2D eigenvalue weighted by Crippen LogP contribution is 2.29. The van der Waals surface area contributed by atoms with E-state index in [0.29, 0.717) is 6.61 Å². The molecule has 0 amide bonds. The lowest BCUT2D eigenvalue weighted by Gasteiger charge is -2.21. The van der Waals surface area contributed by atoms with Crippen LogP contribution in [0.5, 0.6) is 11.5 Å². The van der Waals surface area contributed by atoms with Gasteiger partial charge in [0.2, 0.25) is 0 Å². The van der Waals surface area contributed by atoms with Crippen molar-refractivity contribution in [3.05, 3.63) is 118 Å². The second kappa shape index (κ2) is 17.6. The van der Waals surface area contributed by atoms with Crippen molar-refractivity contribution in [2.24, 2.45) is 0 Å². The van der Waals surface area contributed by atoms with Crippen LogP contribution in [-0.4, -0.2) is 46.6 Å². The lowest BCUT2D eigenvalue weighted by Crippen LogP contribution is -2.35. The van der Waals surface area contributed by atoms with Crippen molar-refractivity contribution in [1.82, 2.24) is 0 Å². The van der Waals surface area contributed by atoms with Crippen molar-refractivity contribution in [3.63, 3.8) is 0 Å². The summed E-state index contributed by atoms with van der Waals surface area (Å²) in [6, 6.07) is 29.3. The Morgan fingerprint density at radius 3 is 1.19 bits per heavy atom. The highest BCUT2D eigenvalue weighted by atomic mass is 16.7. The first-order chi connectivity index (χ1) is 20.3. The summed E-state index contributed by atoms with van der Waals surface area (Å²) < 4.78 is 19.3. The van der Waals surface area contributed by atoms with Gasteiger partial charge in [-0.2, -0.15) is 0 Å². The van der Waals surface area contributed by atoms with Gasteiger partial charge in [0.05, 0.1) is 28.2 Å². The number of unbranched alkanes of at least 4 members (excludes halogenated alkanes) is 1. The lowest BCUT2D eigenvalue weighted by atomic mass is 10.0. The Kier molecular flexibility index (Phi) is 14.6. The first-order valence-corrected chi connectivity index (χ1v) is 15.3. The molecule has 43 heavy (non-hydrogen) atoms. The molecule has 0 aromatic heterocycles. The van der Waals surface area contributed by atoms with Crippen molar-refractivity contribution < 1.29 is 18.4 Å². The van der Waals surface area contributed by atoms with E-state index < -0.39 is 7.32 Å². The van der Waals surface area contributed by atoms with Gasteiger partial charge in [-0.1, -0.05) is 109 Å². The zero-order valence-corrected chi connectivity index (χ0v) is 28.5. The molecule has 0 spiro atoms. The van der Waals surface area contributed by atoms with E-state index in [9.17, 15) is 0 Å². The molecule has 0 bridgehead atoms. The Bertz CT molecular complexity index is 1230. The fourth-order valence-electron chi connectivity index (χ4n) is 4.57. The quantitative estimate of drug-likeness (QED) is 0.112. The summed E-state index contributed by atoms with van der Waals surface area (Å²) in [5.41, 5.74) is 9.36. The molecule has 0 unspecified atom stereocenters. The molecule has 0 heterocycles. The molecular weight excluding hydrogens is 529 g/mol. The number of nitrogens with zero attached hydrogens (tertiary/aromatic N) is 1. The summed E-state index contributed by atoms with van der Waals surface area (Å²) in [6.45, 7) is 15.2. The van der Waals surface area contributed by atoms with Crippen LogP contribution in [0.4, 0.5) is 0 Å². The Hall–Kier alpha value is -3.54.